The number of carboxylic acid groups (broad SMARTS) is 1. The summed E-state index contributed by atoms with van der Waals surface area (Å²) in [7, 11) is 1.44. The van der Waals surface area contributed by atoms with Gasteiger partial charge in [0.05, 0.1) is 24.5 Å². The van der Waals surface area contributed by atoms with E-state index in [0.717, 1.165) is 0 Å². The van der Waals surface area contributed by atoms with Crippen LogP contribution in [0.15, 0.2) is 0 Å². The number of carboxylic acids is 1. The van der Waals surface area contributed by atoms with Crippen LogP contribution in [0.25, 0.3) is 0 Å². The first-order valence-electron chi connectivity index (χ1n) is 4.61. The number of aromatic carboxylic acids is 1. The summed E-state index contributed by atoms with van der Waals surface area (Å²) >= 11 is 0. The van der Waals surface area contributed by atoms with Crippen LogP contribution in [-0.4, -0.2) is 23.0 Å². The topological polar surface area (TPSA) is 75.1 Å². The van der Waals surface area contributed by atoms with Gasteiger partial charge in [0.1, 0.15) is 0 Å². The third-order valence-corrected chi connectivity index (χ3v) is 2.03. The third kappa shape index (κ3) is 2.23. The Bertz CT molecular complexity index is 388. The van der Waals surface area contributed by atoms with Crippen molar-refractivity contribution in [1.29, 1.82) is 0 Å². The Kier molecular flexibility index (Phi) is 3.24. The van der Waals surface area contributed by atoms with Crippen LogP contribution in [0.4, 0.5) is 0 Å². The van der Waals surface area contributed by atoms with Crippen molar-refractivity contribution in [2.45, 2.75) is 26.7 Å². The zero-order valence-corrected chi connectivity index (χ0v) is 9.20. The fraction of sp³-hybridized carbons (Fsp3) is 0.500. The maximum Gasteiger partial charge on any atom is 0.316 e. The molecule has 0 bridgehead atoms. The van der Waals surface area contributed by atoms with Gasteiger partial charge in [0, 0.05) is 5.56 Å². The summed E-state index contributed by atoms with van der Waals surface area (Å²) in [5.74, 6) is -1.27. The van der Waals surface area contributed by atoms with E-state index in [4.69, 9.17) is 4.74 Å². The molecule has 0 aliphatic carbocycles. The van der Waals surface area contributed by atoms with Crippen molar-refractivity contribution < 1.29 is 14.6 Å². The Morgan fingerprint density at radius 3 is 2.40 bits per heavy atom. The highest BCUT2D eigenvalue weighted by atomic mass is 16.5. The van der Waals surface area contributed by atoms with Crippen LogP contribution in [-0.2, 0) is 0 Å². The first-order chi connectivity index (χ1) is 6.97. The molecular formula is C10H13N2O3-. The number of methoxy groups -OCH3 is 1. The van der Waals surface area contributed by atoms with Gasteiger partial charge in [-0.2, -0.15) is 9.97 Å². The van der Waals surface area contributed by atoms with Crippen molar-refractivity contribution in [2.75, 3.05) is 7.11 Å². The fourth-order valence-corrected chi connectivity index (χ4v) is 1.33. The largest absolute Gasteiger partial charge is 0.545 e. The monoisotopic (exact) mass is 209 g/mol. The van der Waals surface area contributed by atoms with Gasteiger partial charge in [0.15, 0.2) is 0 Å². The molecule has 0 atom stereocenters. The van der Waals surface area contributed by atoms with Crippen molar-refractivity contribution in [3.05, 3.63) is 17.0 Å². The minimum Gasteiger partial charge on any atom is -0.545 e. The summed E-state index contributed by atoms with van der Waals surface area (Å²) in [6, 6.07) is 0.182. The number of carbonyl (C=O) groups excluding carboxylic acids is 1. The van der Waals surface area contributed by atoms with E-state index in [1.807, 2.05) is 13.8 Å². The highest BCUT2D eigenvalue weighted by Gasteiger charge is 2.15. The molecule has 0 fully saturated rings. The van der Waals surface area contributed by atoms with Crippen LogP contribution < -0.4 is 9.84 Å². The van der Waals surface area contributed by atoms with Crippen molar-refractivity contribution in [3.8, 4) is 6.01 Å². The molecule has 0 aromatic carbocycles. The van der Waals surface area contributed by atoms with Crippen LogP contribution in [0.3, 0.4) is 0 Å². The van der Waals surface area contributed by atoms with Gasteiger partial charge in [-0.1, -0.05) is 13.8 Å². The van der Waals surface area contributed by atoms with Gasteiger partial charge in [0.2, 0.25) is 0 Å². The van der Waals surface area contributed by atoms with Gasteiger partial charge >= 0.3 is 6.01 Å². The molecule has 1 aromatic heterocycles. The van der Waals surface area contributed by atoms with Gasteiger partial charge in [-0.05, 0) is 12.8 Å². The number of ether oxygens (including phenoxy) is 1. The van der Waals surface area contributed by atoms with E-state index < -0.39 is 5.97 Å². The van der Waals surface area contributed by atoms with Gasteiger partial charge in [-0.15, -0.1) is 0 Å². The van der Waals surface area contributed by atoms with Crippen molar-refractivity contribution >= 4 is 5.97 Å². The number of hydrogen-bond donors (Lipinski definition) is 0. The standard InChI is InChI=1S/C10H14N2O3/c1-5(2)8-7(9(13)14)6(3)11-10(12-8)15-4/h5H,1-4H3,(H,13,14)/p-1. The number of aryl methyl sites for hydroxylation is 1. The molecule has 15 heavy (non-hydrogen) atoms. The van der Waals surface area contributed by atoms with Crippen LogP contribution >= 0.6 is 0 Å². The predicted octanol–water partition coefficient (Wildman–Crippen LogP) is 0.281. The summed E-state index contributed by atoms with van der Waals surface area (Å²) in [6.07, 6.45) is 0. The predicted molar refractivity (Wildman–Crippen MR) is 51.7 cm³/mol. The van der Waals surface area contributed by atoms with Crippen LogP contribution in [0.5, 0.6) is 6.01 Å². The second-order valence-corrected chi connectivity index (χ2v) is 3.50. The normalized spacial score (nSPS) is 10.5. The third-order valence-electron chi connectivity index (χ3n) is 2.03. The molecule has 0 amide bonds. The van der Waals surface area contributed by atoms with Crippen LogP contribution in [0, 0.1) is 6.92 Å². The van der Waals surface area contributed by atoms with Crippen molar-refractivity contribution in [1.82, 2.24) is 9.97 Å². The lowest BCUT2D eigenvalue weighted by Gasteiger charge is -2.15. The Hall–Kier alpha value is -1.65. The first-order valence-corrected chi connectivity index (χ1v) is 4.61. The molecule has 0 N–H and O–H groups in total. The molecule has 1 rings (SSSR count). The molecule has 0 spiro atoms. The Morgan fingerprint density at radius 2 is 2.00 bits per heavy atom. The van der Waals surface area contributed by atoms with Crippen LogP contribution in [0.1, 0.15) is 41.5 Å². The molecule has 0 aliphatic heterocycles. The van der Waals surface area contributed by atoms with Gasteiger partial charge < -0.3 is 14.6 Å². The number of hydrogen-bond acceptors (Lipinski definition) is 5. The molecule has 0 saturated carbocycles. The molecule has 82 valence electrons. The minimum atomic E-state index is -1.25. The molecule has 0 saturated heterocycles. The maximum atomic E-state index is 10.9. The lowest BCUT2D eigenvalue weighted by molar-refractivity contribution is -0.255. The smallest absolute Gasteiger partial charge is 0.316 e. The Labute approximate surface area is 88.1 Å². The van der Waals surface area contributed by atoms with E-state index in [1.54, 1.807) is 6.92 Å². The summed E-state index contributed by atoms with van der Waals surface area (Å²) in [4.78, 5) is 18.8. The van der Waals surface area contributed by atoms with E-state index in [-0.39, 0.29) is 17.5 Å². The average Bonchev–Trinajstić information content (AvgIpc) is 2.15. The maximum absolute atomic E-state index is 10.9. The van der Waals surface area contributed by atoms with E-state index in [1.165, 1.54) is 7.11 Å². The first kappa shape index (κ1) is 11.4. The minimum absolute atomic E-state index is 0.0199. The molecule has 0 aliphatic rings. The SMILES string of the molecule is COc1nc(C)c(C(=O)[O-])c(C(C)C)n1. The van der Waals surface area contributed by atoms with Gasteiger partial charge in [-0.3, -0.25) is 0 Å². The molecule has 1 heterocycles. The number of carbonyl (C=O) groups is 1. The Morgan fingerprint density at radius 1 is 1.40 bits per heavy atom. The molecule has 5 nitrogen and oxygen atoms in total. The van der Waals surface area contributed by atoms with E-state index in [9.17, 15) is 9.90 Å². The van der Waals surface area contributed by atoms with Crippen molar-refractivity contribution in [2.24, 2.45) is 0 Å². The molecule has 1 aromatic rings. The summed E-state index contributed by atoms with van der Waals surface area (Å²) in [5, 5.41) is 10.9. The second-order valence-electron chi connectivity index (χ2n) is 3.50. The lowest BCUT2D eigenvalue weighted by Crippen LogP contribution is -2.26. The quantitative estimate of drug-likeness (QED) is 0.714. The molecule has 5 heteroatoms. The number of rotatable bonds is 3. The van der Waals surface area contributed by atoms with Crippen LogP contribution in [0.2, 0.25) is 0 Å². The van der Waals surface area contributed by atoms with E-state index >= 15 is 0 Å². The number of aromatic nitrogens is 2. The van der Waals surface area contributed by atoms with E-state index in [0.29, 0.717) is 11.4 Å². The van der Waals surface area contributed by atoms with Crippen molar-refractivity contribution in [3.63, 3.8) is 0 Å². The second kappa shape index (κ2) is 4.25. The fourth-order valence-electron chi connectivity index (χ4n) is 1.33. The van der Waals surface area contributed by atoms with Gasteiger partial charge in [0.25, 0.3) is 0 Å². The van der Waals surface area contributed by atoms with Gasteiger partial charge in [-0.25, -0.2) is 0 Å². The zero-order chi connectivity index (χ0) is 11.6. The van der Waals surface area contributed by atoms with E-state index in [2.05, 4.69) is 9.97 Å². The summed E-state index contributed by atoms with van der Waals surface area (Å²) in [6.45, 7) is 5.31. The molecule has 0 radical (unpaired) electrons. The zero-order valence-electron chi connectivity index (χ0n) is 9.20. The highest BCUT2D eigenvalue weighted by Crippen LogP contribution is 2.21. The molecular weight excluding hydrogens is 196 g/mol. The lowest BCUT2D eigenvalue weighted by atomic mass is 10.0. The Balaban J connectivity index is 3.42. The highest BCUT2D eigenvalue weighted by molar-refractivity contribution is 5.88. The summed E-state index contributed by atoms with van der Waals surface area (Å²) in [5.41, 5.74) is 0.871. The summed E-state index contributed by atoms with van der Waals surface area (Å²) < 4.78 is 4.89. The number of nitrogens with zero attached hydrogens (tertiary/aromatic N) is 2. The average molecular weight is 209 g/mol. The molecule has 0 unspecified atom stereocenters.